The summed E-state index contributed by atoms with van der Waals surface area (Å²) in [6.45, 7) is 2.13. The van der Waals surface area contributed by atoms with Crippen molar-refractivity contribution in [2.24, 2.45) is 0 Å². The van der Waals surface area contributed by atoms with Gasteiger partial charge in [0.05, 0.1) is 11.7 Å². The molecule has 1 fully saturated rings. The standard InChI is InChI=1S/C13H14N2/c1-10-3-2-4-11(9-10)13-7-8-14-15(13)12-5-6-12/h2-4,7-9,12H,5-6H2,1H3. The van der Waals surface area contributed by atoms with E-state index in [4.69, 9.17) is 0 Å². The third kappa shape index (κ3) is 1.56. The van der Waals surface area contributed by atoms with Crippen LogP contribution in [0.25, 0.3) is 11.3 Å². The van der Waals surface area contributed by atoms with Crippen molar-refractivity contribution in [3.8, 4) is 11.3 Å². The van der Waals surface area contributed by atoms with Crippen LogP contribution in [0.1, 0.15) is 24.4 Å². The summed E-state index contributed by atoms with van der Waals surface area (Å²) in [5.41, 5.74) is 3.83. The highest BCUT2D eigenvalue weighted by Crippen LogP contribution is 2.37. The first-order chi connectivity index (χ1) is 7.34. The second kappa shape index (κ2) is 3.23. The first kappa shape index (κ1) is 8.72. The van der Waals surface area contributed by atoms with E-state index in [1.807, 2.05) is 6.20 Å². The molecule has 0 atom stereocenters. The van der Waals surface area contributed by atoms with Crippen LogP contribution in [0.2, 0.25) is 0 Å². The number of benzene rings is 1. The largest absolute Gasteiger partial charge is 0.262 e. The van der Waals surface area contributed by atoms with Gasteiger partial charge in [0.1, 0.15) is 0 Å². The highest BCUT2D eigenvalue weighted by Gasteiger charge is 2.26. The Hall–Kier alpha value is -1.57. The zero-order chi connectivity index (χ0) is 10.3. The first-order valence-corrected chi connectivity index (χ1v) is 5.45. The Morgan fingerprint density at radius 3 is 2.87 bits per heavy atom. The highest BCUT2D eigenvalue weighted by molar-refractivity contribution is 5.60. The Morgan fingerprint density at radius 2 is 2.13 bits per heavy atom. The van der Waals surface area contributed by atoms with Gasteiger partial charge in [-0.15, -0.1) is 0 Å². The predicted octanol–water partition coefficient (Wildman–Crippen LogP) is 3.19. The molecule has 0 bridgehead atoms. The topological polar surface area (TPSA) is 17.8 Å². The SMILES string of the molecule is Cc1cccc(-c2ccnn2C2CC2)c1. The van der Waals surface area contributed by atoms with Crippen LogP contribution in [0.4, 0.5) is 0 Å². The van der Waals surface area contributed by atoms with E-state index >= 15 is 0 Å². The number of hydrogen-bond donors (Lipinski definition) is 0. The lowest BCUT2D eigenvalue weighted by Gasteiger charge is -2.06. The summed E-state index contributed by atoms with van der Waals surface area (Å²) in [7, 11) is 0. The van der Waals surface area contributed by atoms with Crippen molar-refractivity contribution in [1.82, 2.24) is 9.78 Å². The van der Waals surface area contributed by atoms with E-state index in [9.17, 15) is 0 Å². The van der Waals surface area contributed by atoms with E-state index in [1.165, 1.54) is 29.7 Å². The lowest BCUT2D eigenvalue weighted by atomic mass is 10.1. The number of nitrogens with zero attached hydrogens (tertiary/aromatic N) is 2. The van der Waals surface area contributed by atoms with Gasteiger partial charge in [0.2, 0.25) is 0 Å². The molecule has 1 aromatic heterocycles. The van der Waals surface area contributed by atoms with Crippen molar-refractivity contribution in [2.45, 2.75) is 25.8 Å². The second-order valence-electron chi connectivity index (χ2n) is 4.26. The molecule has 0 spiro atoms. The smallest absolute Gasteiger partial charge is 0.0685 e. The maximum Gasteiger partial charge on any atom is 0.0685 e. The summed E-state index contributed by atoms with van der Waals surface area (Å²) in [5, 5.41) is 4.40. The molecule has 76 valence electrons. The molecule has 0 saturated heterocycles. The molecule has 0 N–H and O–H groups in total. The van der Waals surface area contributed by atoms with Gasteiger partial charge in [-0.3, -0.25) is 4.68 Å². The van der Waals surface area contributed by atoms with E-state index in [1.54, 1.807) is 0 Å². The maximum absolute atomic E-state index is 4.40. The van der Waals surface area contributed by atoms with Gasteiger partial charge in [-0.05, 0) is 31.9 Å². The molecule has 0 amide bonds. The quantitative estimate of drug-likeness (QED) is 0.724. The van der Waals surface area contributed by atoms with Gasteiger partial charge in [0.15, 0.2) is 0 Å². The van der Waals surface area contributed by atoms with Crippen LogP contribution in [-0.4, -0.2) is 9.78 Å². The van der Waals surface area contributed by atoms with Crippen molar-refractivity contribution in [3.63, 3.8) is 0 Å². The van der Waals surface area contributed by atoms with Crippen molar-refractivity contribution < 1.29 is 0 Å². The zero-order valence-electron chi connectivity index (χ0n) is 8.85. The van der Waals surface area contributed by atoms with Crippen molar-refractivity contribution >= 4 is 0 Å². The molecule has 2 aromatic rings. The van der Waals surface area contributed by atoms with Crippen molar-refractivity contribution in [2.75, 3.05) is 0 Å². The average molecular weight is 198 g/mol. The van der Waals surface area contributed by atoms with E-state index in [2.05, 4.69) is 47.0 Å². The average Bonchev–Trinajstić information content (AvgIpc) is 2.96. The number of aromatic nitrogens is 2. The fourth-order valence-electron chi connectivity index (χ4n) is 1.96. The summed E-state index contributed by atoms with van der Waals surface area (Å²) in [6.07, 6.45) is 4.46. The minimum atomic E-state index is 0.649. The minimum Gasteiger partial charge on any atom is -0.262 e. The number of rotatable bonds is 2. The van der Waals surface area contributed by atoms with Gasteiger partial charge in [0, 0.05) is 11.8 Å². The zero-order valence-corrected chi connectivity index (χ0v) is 8.85. The second-order valence-corrected chi connectivity index (χ2v) is 4.26. The molecule has 1 saturated carbocycles. The number of hydrogen-bond acceptors (Lipinski definition) is 1. The maximum atomic E-state index is 4.40. The van der Waals surface area contributed by atoms with Crippen LogP contribution in [0.5, 0.6) is 0 Å². The molecule has 0 radical (unpaired) electrons. The van der Waals surface area contributed by atoms with Crippen LogP contribution < -0.4 is 0 Å². The minimum absolute atomic E-state index is 0.649. The third-order valence-electron chi connectivity index (χ3n) is 2.88. The Labute approximate surface area is 89.5 Å². The van der Waals surface area contributed by atoms with Crippen LogP contribution >= 0.6 is 0 Å². The van der Waals surface area contributed by atoms with E-state index < -0.39 is 0 Å². The first-order valence-electron chi connectivity index (χ1n) is 5.45. The van der Waals surface area contributed by atoms with Crippen molar-refractivity contribution in [1.29, 1.82) is 0 Å². The monoisotopic (exact) mass is 198 g/mol. The lowest BCUT2D eigenvalue weighted by molar-refractivity contribution is 0.649. The van der Waals surface area contributed by atoms with Crippen LogP contribution in [0, 0.1) is 6.92 Å². The van der Waals surface area contributed by atoms with E-state index in [0.29, 0.717) is 6.04 Å². The summed E-state index contributed by atoms with van der Waals surface area (Å²) in [5.74, 6) is 0. The molecular formula is C13H14N2. The molecule has 3 rings (SSSR count). The summed E-state index contributed by atoms with van der Waals surface area (Å²) in [6, 6.07) is 11.4. The molecule has 1 aliphatic rings. The third-order valence-corrected chi connectivity index (χ3v) is 2.88. The molecule has 1 heterocycles. The fourth-order valence-corrected chi connectivity index (χ4v) is 1.96. The highest BCUT2D eigenvalue weighted by atomic mass is 15.3. The van der Waals surface area contributed by atoms with Gasteiger partial charge in [-0.25, -0.2) is 0 Å². The molecule has 15 heavy (non-hydrogen) atoms. The summed E-state index contributed by atoms with van der Waals surface area (Å²) >= 11 is 0. The van der Waals surface area contributed by atoms with Crippen LogP contribution in [0.3, 0.4) is 0 Å². The molecule has 0 aliphatic heterocycles. The summed E-state index contributed by atoms with van der Waals surface area (Å²) in [4.78, 5) is 0. The Balaban J connectivity index is 2.07. The van der Waals surface area contributed by atoms with E-state index in [0.717, 1.165) is 0 Å². The van der Waals surface area contributed by atoms with Gasteiger partial charge < -0.3 is 0 Å². The van der Waals surface area contributed by atoms with Gasteiger partial charge in [0.25, 0.3) is 0 Å². The van der Waals surface area contributed by atoms with Gasteiger partial charge >= 0.3 is 0 Å². The Kier molecular flexibility index (Phi) is 1.88. The number of aryl methyl sites for hydroxylation is 1. The predicted molar refractivity (Wildman–Crippen MR) is 60.7 cm³/mol. The molecule has 1 aromatic carbocycles. The molecule has 2 nitrogen and oxygen atoms in total. The Morgan fingerprint density at radius 1 is 1.27 bits per heavy atom. The lowest BCUT2D eigenvalue weighted by Crippen LogP contribution is -1.98. The molecular weight excluding hydrogens is 184 g/mol. The van der Waals surface area contributed by atoms with Gasteiger partial charge in [-0.1, -0.05) is 23.8 Å². The fraction of sp³-hybridized carbons (Fsp3) is 0.308. The van der Waals surface area contributed by atoms with Crippen molar-refractivity contribution in [3.05, 3.63) is 42.1 Å². The molecule has 2 heteroatoms. The van der Waals surface area contributed by atoms with Crippen LogP contribution in [0.15, 0.2) is 36.5 Å². The van der Waals surface area contributed by atoms with E-state index in [-0.39, 0.29) is 0 Å². The van der Waals surface area contributed by atoms with Crippen LogP contribution in [-0.2, 0) is 0 Å². The summed E-state index contributed by atoms with van der Waals surface area (Å²) < 4.78 is 2.16. The normalized spacial score (nSPS) is 15.5. The molecule has 1 aliphatic carbocycles. The Bertz CT molecular complexity index is 481. The van der Waals surface area contributed by atoms with Gasteiger partial charge in [-0.2, -0.15) is 5.10 Å². The molecule has 0 unspecified atom stereocenters.